The summed E-state index contributed by atoms with van der Waals surface area (Å²) in [4.78, 5) is 40.1. The number of phosphoric ester groups is 1. The first-order chi connectivity index (χ1) is 38.9. The smallest absolute Gasteiger partial charge is 0.306 e. The molecule has 0 saturated heterocycles. The van der Waals surface area contributed by atoms with Crippen LogP contribution in [0.3, 0.4) is 0 Å². The Morgan fingerprint density at radius 1 is 0.438 bits per heavy atom. The second-order valence-corrected chi connectivity index (χ2v) is 26.1. The van der Waals surface area contributed by atoms with Crippen LogP contribution < -0.4 is 10.2 Å². The lowest BCUT2D eigenvalue weighted by Gasteiger charge is -2.30. The molecule has 0 aromatic rings. The Bertz CT molecular complexity index is 1510. The number of carbonyl (C=O) groups excluding carboxylic acids is 2. The van der Waals surface area contributed by atoms with E-state index in [0.29, 0.717) is 17.4 Å². The van der Waals surface area contributed by atoms with E-state index >= 15 is 0 Å². The van der Waals surface area contributed by atoms with E-state index in [1.54, 1.807) is 0 Å². The number of nitrogens with zero attached hydrogens (tertiary/aromatic N) is 1. The van der Waals surface area contributed by atoms with Gasteiger partial charge in [0.15, 0.2) is 0 Å². The molecule has 0 aliphatic rings. The summed E-state index contributed by atoms with van der Waals surface area (Å²) >= 11 is 0. The van der Waals surface area contributed by atoms with E-state index in [4.69, 9.17) is 13.8 Å². The third-order valence-electron chi connectivity index (χ3n) is 15.5. The summed E-state index contributed by atoms with van der Waals surface area (Å²) in [6, 6.07) is -0.890. The molecule has 0 radical (unpaired) electrons. The normalized spacial score (nSPS) is 13.8. The van der Waals surface area contributed by atoms with E-state index in [1.807, 2.05) is 33.3 Å². The van der Waals surface area contributed by atoms with Crippen molar-refractivity contribution in [1.82, 2.24) is 5.32 Å². The van der Waals surface area contributed by atoms with E-state index in [-0.39, 0.29) is 31.5 Å². The van der Waals surface area contributed by atoms with Crippen molar-refractivity contribution in [3.63, 3.8) is 0 Å². The molecule has 0 rings (SSSR count). The molecule has 1 amide bonds. The van der Waals surface area contributed by atoms with Crippen molar-refractivity contribution in [3.8, 4) is 0 Å². The minimum Gasteiger partial charge on any atom is -0.756 e. The van der Waals surface area contributed by atoms with Crippen LogP contribution in [0.25, 0.3) is 0 Å². The quantitative estimate of drug-likeness (QED) is 0.0212. The Kier molecular flexibility index (Phi) is 58.6. The summed E-state index contributed by atoms with van der Waals surface area (Å²) in [5, 5.41) is 3.04. The lowest BCUT2D eigenvalue weighted by molar-refractivity contribution is -0.870. The Labute approximate surface area is 497 Å². The summed E-state index contributed by atoms with van der Waals surface area (Å²) in [7, 11) is 1.19. The van der Waals surface area contributed by atoms with Crippen LogP contribution in [0, 0.1) is 0 Å². The molecule has 9 nitrogen and oxygen atoms in total. The first-order valence-electron chi connectivity index (χ1n) is 34.4. The van der Waals surface area contributed by atoms with Gasteiger partial charge in [0.1, 0.15) is 19.3 Å². The molecule has 470 valence electrons. The molecule has 0 aliphatic carbocycles. The fourth-order valence-electron chi connectivity index (χ4n) is 10.1. The fraction of sp³-hybridized carbons (Fsp3) is 0.857. The van der Waals surface area contributed by atoms with Crippen molar-refractivity contribution in [1.29, 1.82) is 0 Å². The van der Waals surface area contributed by atoms with Crippen LogP contribution in [0.4, 0.5) is 0 Å². The van der Waals surface area contributed by atoms with E-state index in [0.717, 1.165) is 77.0 Å². The second-order valence-electron chi connectivity index (χ2n) is 24.7. The van der Waals surface area contributed by atoms with E-state index in [2.05, 4.69) is 62.5 Å². The van der Waals surface area contributed by atoms with Gasteiger partial charge in [-0.15, -0.1) is 0 Å². The van der Waals surface area contributed by atoms with Crippen molar-refractivity contribution >= 4 is 19.7 Å². The maximum Gasteiger partial charge on any atom is 0.306 e. The predicted molar refractivity (Wildman–Crippen MR) is 344 cm³/mol. The molecule has 0 aromatic heterocycles. The summed E-state index contributed by atoms with van der Waals surface area (Å²) in [5.74, 6) is -0.533. The van der Waals surface area contributed by atoms with Crippen molar-refractivity contribution in [3.05, 3.63) is 48.6 Å². The molecular formula is C70H133N2O7P. The van der Waals surface area contributed by atoms with Crippen LogP contribution in [-0.2, 0) is 27.9 Å². The standard InChI is InChI=1S/C70H133N2O7P/c1-7-10-13-16-19-22-25-28-30-32-34-35-36-37-39-41-43-45-48-51-54-57-60-63-70(74)79-68(61-58-55-52-49-46-27-24-21-18-15-12-9-3)67(66-78-80(75,76)77-65-64-72(4,5)6)71-69(73)62-59-56-53-50-47-44-42-40-38-33-31-29-26-23-20-17-14-11-8-2/h20,23,28-31,58,61,67-68H,7-19,21-22,24-27,32-57,59-60,62-66H2,1-6H3,(H-,71,73,75,76)/b23-20-,30-28+,31-29-,61-58+. The molecule has 3 atom stereocenters. The highest BCUT2D eigenvalue weighted by Crippen LogP contribution is 2.38. The van der Waals surface area contributed by atoms with Crippen LogP contribution in [-0.4, -0.2) is 69.4 Å². The Morgan fingerprint density at radius 3 is 1.16 bits per heavy atom. The molecule has 3 unspecified atom stereocenters. The number of hydrogen-bond donors (Lipinski definition) is 1. The van der Waals surface area contributed by atoms with E-state index in [9.17, 15) is 19.0 Å². The first kappa shape index (κ1) is 78.0. The average molecular weight is 1150 g/mol. The minimum absolute atomic E-state index is 0.0222. The van der Waals surface area contributed by atoms with E-state index in [1.165, 1.54) is 225 Å². The number of carbonyl (C=O) groups is 2. The third kappa shape index (κ3) is 60.6. The highest BCUT2D eigenvalue weighted by molar-refractivity contribution is 7.45. The molecule has 0 spiro atoms. The van der Waals surface area contributed by atoms with Gasteiger partial charge in [-0.05, 0) is 89.5 Å². The summed E-state index contributed by atoms with van der Waals surface area (Å²) in [5.41, 5.74) is 0. The number of hydrogen-bond acceptors (Lipinski definition) is 7. The van der Waals surface area contributed by atoms with Gasteiger partial charge in [-0.2, -0.15) is 0 Å². The summed E-state index contributed by atoms with van der Waals surface area (Å²) < 4.78 is 30.4. The lowest BCUT2D eigenvalue weighted by atomic mass is 10.0. The average Bonchev–Trinajstić information content (AvgIpc) is 3.42. The number of quaternary nitrogens is 1. The van der Waals surface area contributed by atoms with Gasteiger partial charge >= 0.3 is 5.97 Å². The molecule has 0 bridgehead atoms. The van der Waals surface area contributed by atoms with Crippen LogP contribution in [0.2, 0.25) is 0 Å². The predicted octanol–water partition coefficient (Wildman–Crippen LogP) is 21.0. The molecule has 0 fully saturated rings. The molecule has 0 aliphatic heterocycles. The minimum atomic E-state index is -4.70. The van der Waals surface area contributed by atoms with Crippen molar-refractivity contribution in [2.24, 2.45) is 0 Å². The van der Waals surface area contributed by atoms with Crippen LogP contribution in [0.15, 0.2) is 48.6 Å². The molecule has 0 aromatic carbocycles. The van der Waals surface area contributed by atoms with Crippen LogP contribution in [0.5, 0.6) is 0 Å². The maximum absolute atomic E-state index is 13.6. The monoisotopic (exact) mass is 1140 g/mol. The van der Waals surface area contributed by atoms with Crippen molar-refractivity contribution in [2.45, 2.75) is 348 Å². The molecule has 10 heteroatoms. The third-order valence-corrected chi connectivity index (χ3v) is 16.4. The number of esters is 1. The number of amides is 1. The highest BCUT2D eigenvalue weighted by atomic mass is 31.2. The number of rotatable bonds is 63. The zero-order valence-electron chi connectivity index (χ0n) is 53.8. The zero-order valence-corrected chi connectivity index (χ0v) is 54.7. The number of likely N-dealkylation sites (N-methyl/N-ethyl adjacent to an activating group) is 1. The maximum atomic E-state index is 13.6. The van der Waals surface area contributed by atoms with Gasteiger partial charge in [-0.1, -0.05) is 282 Å². The molecule has 0 heterocycles. The molecule has 80 heavy (non-hydrogen) atoms. The zero-order chi connectivity index (χ0) is 58.6. The number of unbranched alkanes of at least 4 members (excludes halogenated alkanes) is 41. The van der Waals surface area contributed by atoms with Gasteiger partial charge in [0.25, 0.3) is 7.82 Å². The lowest BCUT2D eigenvalue weighted by Crippen LogP contribution is -2.47. The molecule has 1 N–H and O–H groups in total. The fourth-order valence-corrected chi connectivity index (χ4v) is 10.9. The van der Waals surface area contributed by atoms with Gasteiger partial charge in [0.2, 0.25) is 5.91 Å². The van der Waals surface area contributed by atoms with Gasteiger partial charge in [-0.3, -0.25) is 14.2 Å². The molecule has 0 saturated carbocycles. The number of nitrogens with one attached hydrogen (secondary N) is 1. The Morgan fingerprint density at radius 2 is 0.762 bits per heavy atom. The highest BCUT2D eigenvalue weighted by Gasteiger charge is 2.27. The number of ether oxygens (including phenoxy) is 1. The Balaban J connectivity index is 5.10. The van der Waals surface area contributed by atoms with Gasteiger partial charge in [0, 0.05) is 12.8 Å². The summed E-state index contributed by atoms with van der Waals surface area (Å²) in [6.45, 7) is 6.85. The SMILES string of the molecule is CCCCC/C=C\C/C=C\CCCCCCCCCCCC(=O)NC(COP(=O)([O-])OCC[N+](C)(C)C)C(/C=C/CCCCCCCCCCCC)OC(=O)CCCCCCCCCCCCCCC/C=C/CCCCCCCC. The van der Waals surface area contributed by atoms with E-state index < -0.39 is 20.0 Å². The van der Waals surface area contributed by atoms with Gasteiger partial charge < -0.3 is 28.5 Å². The van der Waals surface area contributed by atoms with Gasteiger partial charge in [0.05, 0.1) is 33.8 Å². The second kappa shape index (κ2) is 60.1. The number of allylic oxidation sites excluding steroid dienone is 7. The topological polar surface area (TPSA) is 114 Å². The first-order valence-corrected chi connectivity index (χ1v) is 35.9. The Hall–Kier alpha value is -2.03. The summed E-state index contributed by atoms with van der Waals surface area (Å²) in [6.07, 6.45) is 75.1. The van der Waals surface area contributed by atoms with Crippen LogP contribution >= 0.6 is 7.82 Å². The van der Waals surface area contributed by atoms with Crippen molar-refractivity contribution < 1.29 is 37.3 Å². The largest absolute Gasteiger partial charge is 0.756 e. The number of phosphoric acid groups is 1. The van der Waals surface area contributed by atoms with Gasteiger partial charge in [-0.25, -0.2) is 0 Å². The molecular weight excluding hydrogens is 1010 g/mol. The van der Waals surface area contributed by atoms with Crippen molar-refractivity contribution in [2.75, 3.05) is 40.9 Å². The van der Waals surface area contributed by atoms with Crippen LogP contribution in [0.1, 0.15) is 335 Å².